The highest BCUT2D eigenvalue weighted by molar-refractivity contribution is 7.99. The molecule has 2 aromatic carbocycles. The number of rotatable bonds is 8. The van der Waals surface area contributed by atoms with Crippen molar-refractivity contribution >= 4 is 40.5 Å². The molecule has 0 aliphatic carbocycles. The molecule has 1 N–H and O–H groups in total. The number of carbonyl (C=O) groups excluding carboxylic acids is 1. The number of hydrogen-bond acceptors (Lipinski definition) is 4. The molecule has 0 spiro atoms. The highest BCUT2D eigenvalue weighted by atomic mass is 32.2. The molecule has 3 aromatic rings. The fourth-order valence-corrected chi connectivity index (χ4v) is 4.10. The summed E-state index contributed by atoms with van der Waals surface area (Å²) in [5.41, 5.74) is 2.07. The maximum absolute atomic E-state index is 13.4. The van der Waals surface area contributed by atoms with E-state index in [0.29, 0.717) is 17.6 Å². The predicted molar refractivity (Wildman–Crippen MR) is 107 cm³/mol. The first-order chi connectivity index (χ1) is 13.0. The van der Waals surface area contributed by atoms with Crippen LogP contribution in [0.1, 0.15) is 12.1 Å². The highest BCUT2D eigenvalue weighted by Gasteiger charge is 2.18. The Morgan fingerprint density at radius 2 is 1.89 bits per heavy atom. The summed E-state index contributed by atoms with van der Waals surface area (Å²) in [5.74, 6) is 0.595. The summed E-state index contributed by atoms with van der Waals surface area (Å²) in [6.45, 7) is -0.147. The lowest BCUT2D eigenvalue weighted by atomic mass is 10.2. The summed E-state index contributed by atoms with van der Waals surface area (Å²) in [4.78, 5) is 17.4. The van der Waals surface area contributed by atoms with Crippen LogP contribution in [0.3, 0.4) is 0 Å². The van der Waals surface area contributed by atoms with E-state index in [2.05, 4.69) is 10.3 Å². The Bertz CT molecular complexity index is 913. The molecule has 0 fully saturated rings. The van der Waals surface area contributed by atoms with Crippen LogP contribution in [-0.2, 0) is 4.79 Å². The molecular weight excluding hydrogens is 388 g/mol. The van der Waals surface area contributed by atoms with Gasteiger partial charge in [-0.3, -0.25) is 9.36 Å². The van der Waals surface area contributed by atoms with Crippen molar-refractivity contribution < 1.29 is 13.6 Å². The van der Waals surface area contributed by atoms with Crippen LogP contribution in [0, 0.1) is 6.92 Å². The Hall–Kier alpha value is -2.06. The Labute approximate surface area is 164 Å². The third-order valence-corrected chi connectivity index (χ3v) is 5.77. The van der Waals surface area contributed by atoms with Crippen LogP contribution in [0.15, 0.2) is 58.6 Å². The molecule has 4 nitrogen and oxygen atoms in total. The van der Waals surface area contributed by atoms with Gasteiger partial charge in [-0.1, -0.05) is 41.6 Å². The van der Waals surface area contributed by atoms with Crippen LogP contribution in [0.4, 0.5) is 8.78 Å². The quantitative estimate of drug-likeness (QED) is 0.433. The Kier molecular flexibility index (Phi) is 6.73. The molecule has 27 heavy (non-hydrogen) atoms. The van der Waals surface area contributed by atoms with Crippen molar-refractivity contribution in [1.82, 2.24) is 14.9 Å². The molecule has 0 atom stereocenters. The number of thioether (sulfide) groups is 2. The molecule has 0 aliphatic rings. The van der Waals surface area contributed by atoms with Gasteiger partial charge in [-0.25, -0.2) is 4.98 Å². The fourth-order valence-electron chi connectivity index (χ4n) is 2.49. The highest BCUT2D eigenvalue weighted by Crippen LogP contribution is 2.29. The molecule has 0 saturated carbocycles. The van der Waals surface area contributed by atoms with Crippen molar-refractivity contribution in [3.8, 4) is 0 Å². The minimum Gasteiger partial charge on any atom is -0.355 e. The van der Waals surface area contributed by atoms with Gasteiger partial charge in [0.1, 0.15) is 0 Å². The van der Waals surface area contributed by atoms with Gasteiger partial charge >= 0.3 is 6.55 Å². The van der Waals surface area contributed by atoms with Crippen molar-refractivity contribution in [3.63, 3.8) is 0 Å². The number of hydrogen-bond donors (Lipinski definition) is 1. The molecule has 1 aromatic heterocycles. The lowest BCUT2D eigenvalue weighted by Crippen LogP contribution is -2.27. The molecule has 0 bridgehead atoms. The molecule has 3 rings (SSSR count). The number of fused-ring (bicyclic) bond motifs is 1. The number of aryl methyl sites for hydroxylation is 1. The molecule has 0 radical (unpaired) electrons. The topological polar surface area (TPSA) is 46.9 Å². The van der Waals surface area contributed by atoms with Crippen LogP contribution in [0.2, 0.25) is 0 Å². The van der Waals surface area contributed by atoms with E-state index in [4.69, 9.17) is 0 Å². The number of carbonyl (C=O) groups is 1. The number of benzene rings is 2. The maximum atomic E-state index is 13.4. The van der Waals surface area contributed by atoms with E-state index in [-0.39, 0.29) is 16.8 Å². The third-order valence-electron chi connectivity index (χ3n) is 3.80. The molecule has 1 amide bonds. The van der Waals surface area contributed by atoms with E-state index in [1.54, 1.807) is 36.0 Å². The average molecular weight is 408 g/mol. The molecule has 0 unspecified atom stereocenters. The van der Waals surface area contributed by atoms with E-state index >= 15 is 0 Å². The second-order valence-electron chi connectivity index (χ2n) is 5.83. The van der Waals surface area contributed by atoms with Crippen molar-refractivity contribution in [2.45, 2.75) is 23.5 Å². The minimum absolute atomic E-state index is 0.0469. The van der Waals surface area contributed by atoms with Gasteiger partial charge in [0, 0.05) is 17.2 Å². The number of halogens is 2. The van der Waals surface area contributed by atoms with E-state index in [1.807, 2.05) is 31.2 Å². The van der Waals surface area contributed by atoms with Gasteiger partial charge < -0.3 is 5.32 Å². The van der Waals surface area contributed by atoms with Crippen molar-refractivity contribution in [2.75, 3.05) is 18.1 Å². The molecule has 1 heterocycles. The van der Waals surface area contributed by atoms with Gasteiger partial charge in [-0.05, 0) is 31.2 Å². The van der Waals surface area contributed by atoms with E-state index in [1.165, 1.54) is 5.56 Å². The number of imidazole rings is 1. The Morgan fingerprint density at radius 1 is 1.15 bits per heavy atom. The molecule has 0 aliphatic heterocycles. The van der Waals surface area contributed by atoms with Gasteiger partial charge in [0.2, 0.25) is 5.91 Å². The first-order valence-corrected chi connectivity index (χ1v) is 10.4. The molecule has 142 valence electrons. The fraction of sp³-hybridized carbons (Fsp3) is 0.263. The Morgan fingerprint density at radius 3 is 2.63 bits per heavy atom. The molecule has 0 saturated heterocycles. The first kappa shape index (κ1) is 19.7. The van der Waals surface area contributed by atoms with Crippen molar-refractivity contribution in [1.29, 1.82) is 0 Å². The number of alkyl halides is 2. The first-order valence-electron chi connectivity index (χ1n) is 8.38. The zero-order chi connectivity index (χ0) is 19.2. The van der Waals surface area contributed by atoms with Gasteiger partial charge in [-0.15, -0.1) is 11.8 Å². The summed E-state index contributed by atoms with van der Waals surface area (Å²) >= 11 is 2.68. The second kappa shape index (κ2) is 9.23. The number of para-hydroxylation sites is 2. The van der Waals surface area contributed by atoms with Crippen molar-refractivity contribution in [2.24, 2.45) is 0 Å². The summed E-state index contributed by atoms with van der Waals surface area (Å²) in [5, 5.41) is 2.96. The molecule has 8 heteroatoms. The second-order valence-corrected chi connectivity index (χ2v) is 7.94. The summed E-state index contributed by atoms with van der Waals surface area (Å²) in [6.07, 6.45) is 0. The van der Waals surface area contributed by atoms with Crippen LogP contribution >= 0.6 is 23.5 Å². The zero-order valence-electron chi connectivity index (χ0n) is 14.7. The minimum atomic E-state index is -2.70. The zero-order valence-corrected chi connectivity index (χ0v) is 16.3. The van der Waals surface area contributed by atoms with E-state index < -0.39 is 6.55 Å². The standard InChI is InChI=1S/C19H19F2N3OS2/c1-13-6-8-14(9-7-13)26-11-10-22-17(25)12-27-19-23-15-4-2-3-5-16(15)24(19)18(20)21/h2-9,18H,10-12H2,1H3,(H,22,25). The van der Waals surface area contributed by atoms with Crippen LogP contribution in [0.5, 0.6) is 0 Å². The lowest BCUT2D eigenvalue weighted by molar-refractivity contribution is -0.118. The van der Waals surface area contributed by atoms with E-state index in [0.717, 1.165) is 27.0 Å². The smallest absolute Gasteiger partial charge is 0.321 e. The normalized spacial score (nSPS) is 11.3. The monoisotopic (exact) mass is 407 g/mol. The number of nitrogens with one attached hydrogen (secondary N) is 1. The van der Waals surface area contributed by atoms with Crippen molar-refractivity contribution in [3.05, 3.63) is 54.1 Å². The molecular formula is C19H19F2N3OS2. The predicted octanol–water partition coefficient (Wildman–Crippen LogP) is 4.74. The van der Waals surface area contributed by atoms with Crippen LogP contribution in [0.25, 0.3) is 11.0 Å². The summed E-state index contributed by atoms with van der Waals surface area (Å²) < 4.78 is 27.6. The van der Waals surface area contributed by atoms with Gasteiger partial charge in [0.25, 0.3) is 0 Å². The SMILES string of the molecule is Cc1ccc(SCCNC(=O)CSc2nc3ccccc3n2C(F)F)cc1. The summed E-state index contributed by atoms with van der Waals surface area (Å²) in [6, 6.07) is 14.9. The Balaban J connectivity index is 1.48. The number of aromatic nitrogens is 2. The summed E-state index contributed by atoms with van der Waals surface area (Å²) in [7, 11) is 0. The van der Waals surface area contributed by atoms with Crippen LogP contribution in [-0.4, -0.2) is 33.5 Å². The number of nitrogens with zero attached hydrogens (tertiary/aromatic N) is 2. The van der Waals surface area contributed by atoms with E-state index in [9.17, 15) is 13.6 Å². The van der Waals surface area contributed by atoms with Gasteiger partial charge in [0.05, 0.1) is 16.8 Å². The van der Waals surface area contributed by atoms with Gasteiger partial charge in [-0.2, -0.15) is 8.78 Å². The van der Waals surface area contributed by atoms with Gasteiger partial charge in [0.15, 0.2) is 5.16 Å². The average Bonchev–Trinajstić information content (AvgIpc) is 3.03. The maximum Gasteiger partial charge on any atom is 0.321 e. The van der Waals surface area contributed by atoms with Crippen LogP contribution < -0.4 is 5.32 Å². The third kappa shape index (κ3) is 5.23. The number of amides is 1. The largest absolute Gasteiger partial charge is 0.355 e. The lowest BCUT2D eigenvalue weighted by Gasteiger charge is -2.08.